The van der Waals surface area contributed by atoms with Gasteiger partial charge in [-0.25, -0.2) is 4.79 Å². The van der Waals surface area contributed by atoms with Gasteiger partial charge in [-0.15, -0.1) is 0 Å². The van der Waals surface area contributed by atoms with Crippen molar-refractivity contribution in [3.63, 3.8) is 0 Å². The van der Waals surface area contributed by atoms with Crippen LogP contribution in [0.2, 0.25) is 5.02 Å². The smallest absolute Gasteiger partial charge is 0.344 e. The lowest BCUT2D eigenvalue weighted by Crippen LogP contribution is -2.25. The fraction of sp³-hybridized carbons (Fsp3) is 0.286. The number of nitrogens with one attached hydrogen (secondary N) is 1. The number of carbonyl (C=O) groups excluding carboxylic acids is 3. The van der Waals surface area contributed by atoms with Gasteiger partial charge in [0.1, 0.15) is 5.75 Å². The lowest BCUT2D eigenvalue weighted by atomic mass is 10.2. The average Bonchev–Trinajstić information content (AvgIpc) is 3.12. The van der Waals surface area contributed by atoms with Gasteiger partial charge in [-0.1, -0.05) is 17.7 Å². The first-order valence-electron chi connectivity index (χ1n) is 9.17. The molecule has 0 aromatic heterocycles. The Balaban J connectivity index is 1.46. The molecule has 0 spiro atoms. The number of esters is 1. The minimum atomic E-state index is -0.661. The zero-order chi connectivity index (χ0) is 20.8. The molecule has 0 unspecified atom stereocenters. The molecule has 1 N–H and O–H groups in total. The van der Waals surface area contributed by atoms with Crippen LogP contribution in [0.25, 0.3) is 0 Å². The van der Waals surface area contributed by atoms with E-state index in [1.165, 1.54) is 0 Å². The zero-order valence-electron chi connectivity index (χ0n) is 15.9. The van der Waals surface area contributed by atoms with Gasteiger partial charge < -0.3 is 19.7 Å². The first-order valence-corrected chi connectivity index (χ1v) is 9.55. The van der Waals surface area contributed by atoms with Gasteiger partial charge in [-0.2, -0.15) is 0 Å². The maximum atomic E-state index is 12.1. The number of halogens is 1. The van der Waals surface area contributed by atoms with Crippen molar-refractivity contribution in [3.05, 3.63) is 53.1 Å². The normalized spacial score (nSPS) is 13.3. The van der Waals surface area contributed by atoms with Gasteiger partial charge in [0.05, 0.1) is 0 Å². The summed E-state index contributed by atoms with van der Waals surface area (Å²) < 4.78 is 10.3. The molecule has 2 amide bonds. The highest BCUT2D eigenvalue weighted by molar-refractivity contribution is 6.30. The van der Waals surface area contributed by atoms with Crippen LogP contribution in [0.4, 0.5) is 11.4 Å². The van der Waals surface area contributed by atoms with Crippen molar-refractivity contribution in [2.75, 3.05) is 30.0 Å². The van der Waals surface area contributed by atoms with E-state index in [1.54, 1.807) is 41.3 Å². The molecule has 0 saturated carbocycles. The molecule has 0 bridgehead atoms. The summed E-state index contributed by atoms with van der Waals surface area (Å²) in [6.45, 7) is 1.72. The molecule has 0 radical (unpaired) electrons. The highest BCUT2D eigenvalue weighted by Crippen LogP contribution is 2.24. The topological polar surface area (TPSA) is 84.9 Å². The molecule has 3 rings (SSSR count). The predicted octanol–water partition coefficient (Wildman–Crippen LogP) is 3.34. The van der Waals surface area contributed by atoms with Crippen LogP contribution in [-0.4, -0.2) is 37.5 Å². The van der Waals surface area contributed by atoms with E-state index in [1.807, 2.05) is 13.0 Å². The summed E-state index contributed by atoms with van der Waals surface area (Å²) in [6, 6.07) is 12.0. The van der Waals surface area contributed by atoms with Crippen LogP contribution in [0.5, 0.6) is 5.75 Å². The quantitative estimate of drug-likeness (QED) is 0.700. The number of rotatable bonds is 7. The lowest BCUT2D eigenvalue weighted by Gasteiger charge is -2.16. The Morgan fingerprint density at radius 1 is 1.17 bits per heavy atom. The predicted molar refractivity (Wildman–Crippen MR) is 109 cm³/mol. The standard InChI is InChI=1S/C21H21ClN2O5/c1-14-10-15(22)7-8-18(14)28-13-21(27)29-12-19(25)23-16-4-2-5-17(11-16)24-9-3-6-20(24)26/h2,4-5,7-8,10-11H,3,6,9,12-13H2,1H3,(H,23,25). The van der Waals surface area contributed by atoms with E-state index in [0.29, 0.717) is 29.4 Å². The SMILES string of the molecule is Cc1cc(Cl)ccc1OCC(=O)OCC(=O)Nc1cccc(N2CCCC2=O)c1. The highest BCUT2D eigenvalue weighted by Gasteiger charge is 2.21. The molecule has 1 fully saturated rings. The number of amides is 2. The van der Waals surface area contributed by atoms with E-state index >= 15 is 0 Å². The minimum absolute atomic E-state index is 0.0679. The van der Waals surface area contributed by atoms with Crippen LogP contribution in [0.15, 0.2) is 42.5 Å². The molecule has 7 nitrogen and oxygen atoms in total. The number of aryl methyl sites for hydroxylation is 1. The van der Waals surface area contributed by atoms with Crippen LogP contribution < -0.4 is 15.0 Å². The minimum Gasteiger partial charge on any atom is -0.482 e. The Kier molecular flexibility index (Phi) is 6.72. The van der Waals surface area contributed by atoms with Gasteiger partial charge in [0.15, 0.2) is 13.2 Å². The summed E-state index contributed by atoms with van der Waals surface area (Å²) in [7, 11) is 0. The highest BCUT2D eigenvalue weighted by atomic mass is 35.5. The van der Waals surface area contributed by atoms with Gasteiger partial charge >= 0.3 is 5.97 Å². The Hall–Kier alpha value is -3.06. The van der Waals surface area contributed by atoms with Crippen molar-refractivity contribution in [2.45, 2.75) is 19.8 Å². The first-order chi connectivity index (χ1) is 13.9. The van der Waals surface area contributed by atoms with Gasteiger partial charge in [-0.05, 0) is 55.3 Å². The molecule has 2 aromatic rings. The van der Waals surface area contributed by atoms with Gasteiger partial charge in [0.2, 0.25) is 5.91 Å². The van der Waals surface area contributed by atoms with Crippen molar-refractivity contribution in [2.24, 2.45) is 0 Å². The van der Waals surface area contributed by atoms with E-state index in [-0.39, 0.29) is 12.5 Å². The lowest BCUT2D eigenvalue weighted by molar-refractivity contribution is -0.149. The number of nitrogens with zero attached hydrogens (tertiary/aromatic N) is 1. The second kappa shape index (κ2) is 9.43. The van der Waals surface area contributed by atoms with E-state index in [0.717, 1.165) is 17.7 Å². The van der Waals surface area contributed by atoms with Gasteiger partial charge in [0.25, 0.3) is 5.91 Å². The second-order valence-electron chi connectivity index (χ2n) is 6.61. The Morgan fingerprint density at radius 2 is 2.00 bits per heavy atom. The molecule has 1 aliphatic rings. The number of benzene rings is 2. The average molecular weight is 417 g/mol. The van der Waals surface area contributed by atoms with Crippen molar-refractivity contribution >= 4 is 40.8 Å². The summed E-state index contributed by atoms with van der Waals surface area (Å²) in [5.74, 6) is -0.556. The maximum absolute atomic E-state index is 12.1. The Labute approximate surface area is 173 Å². The molecule has 1 aliphatic heterocycles. The summed E-state index contributed by atoms with van der Waals surface area (Å²) in [5, 5.41) is 3.23. The number of hydrogen-bond acceptors (Lipinski definition) is 5. The molecule has 29 heavy (non-hydrogen) atoms. The molecular weight excluding hydrogens is 396 g/mol. The van der Waals surface area contributed by atoms with Crippen molar-refractivity contribution < 1.29 is 23.9 Å². The molecule has 2 aromatic carbocycles. The summed E-state index contributed by atoms with van der Waals surface area (Å²) in [6.07, 6.45) is 1.35. The second-order valence-corrected chi connectivity index (χ2v) is 7.04. The molecule has 152 valence electrons. The summed E-state index contributed by atoms with van der Waals surface area (Å²) in [4.78, 5) is 37.4. The van der Waals surface area contributed by atoms with Gasteiger partial charge in [-0.3, -0.25) is 9.59 Å². The Bertz CT molecular complexity index is 931. The summed E-state index contributed by atoms with van der Waals surface area (Å²) in [5.41, 5.74) is 2.05. The number of anilines is 2. The molecule has 0 atom stereocenters. The van der Waals surface area contributed by atoms with Crippen molar-refractivity contribution in [1.82, 2.24) is 0 Å². The van der Waals surface area contributed by atoms with E-state index in [9.17, 15) is 14.4 Å². The molecule has 1 heterocycles. The van der Waals surface area contributed by atoms with Crippen LogP contribution in [0, 0.1) is 6.92 Å². The van der Waals surface area contributed by atoms with Crippen molar-refractivity contribution in [3.8, 4) is 5.75 Å². The monoisotopic (exact) mass is 416 g/mol. The third-order valence-corrected chi connectivity index (χ3v) is 4.60. The molecule has 8 heteroatoms. The number of carbonyl (C=O) groups is 3. The molecular formula is C21H21ClN2O5. The fourth-order valence-electron chi connectivity index (χ4n) is 2.97. The maximum Gasteiger partial charge on any atom is 0.344 e. The summed E-state index contributed by atoms with van der Waals surface area (Å²) >= 11 is 5.87. The largest absolute Gasteiger partial charge is 0.482 e. The van der Waals surface area contributed by atoms with Crippen LogP contribution in [-0.2, 0) is 19.1 Å². The number of ether oxygens (including phenoxy) is 2. The third kappa shape index (κ3) is 5.71. The number of hydrogen-bond donors (Lipinski definition) is 1. The first kappa shape index (κ1) is 20.7. The molecule has 0 aliphatic carbocycles. The fourth-order valence-corrected chi connectivity index (χ4v) is 3.20. The van der Waals surface area contributed by atoms with E-state index < -0.39 is 18.5 Å². The van der Waals surface area contributed by atoms with Crippen LogP contribution in [0.1, 0.15) is 18.4 Å². The Morgan fingerprint density at radius 3 is 2.72 bits per heavy atom. The zero-order valence-corrected chi connectivity index (χ0v) is 16.7. The van der Waals surface area contributed by atoms with Crippen LogP contribution in [0.3, 0.4) is 0 Å². The van der Waals surface area contributed by atoms with E-state index in [4.69, 9.17) is 21.1 Å². The van der Waals surface area contributed by atoms with E-state index in [2.05, 4.69) is 5.32 Å². The van der Waals surface area contributed by atoms with Gasteiger partial charge in [0, 0.05) is 29.4 Å². The van der Waals surface area contributed by atoms with Crippen molar-refractivity contribution in [1.29, 1.82) is 0 Å². The van der Waals surface area contributed by atoms with Crippen LogP contribution >= 0.6 is 11.6 Å². The third-order valence-electron chi connectivity index (χ3n) is 4.36. The molecule has 1 saturated heterocycles.